The second-order valence-electron chi connectivity index (χ2n) is 4.61. The fourth-order valence-electron chi connectivity index (χ4n) is 0.671. The van der Waals surface area contributed by atoms with Crippen molar-refractivity contribution in [3.05, 3.63) is 0 Å². The first-order valence-corrected chi connectivity index (χ1v) is 5.60. The molecule has 0 unspecified atom stereocenters. The van der Waals surface area contributed by atoms with Gasteiger partial charge in [-0.15, -0.1) is 0 Å². The average molecular weight is 189 g/mol. The van der Waals surface area contributed by atoms with Gasteiger partial charge in [0.1, 0.15) is 0 Å². The standard InChI is InChI=1S/C10H23NS/c1-7-10(6,8-2)12-11-9(3,4)5/h11H,7-8H2,1-6H3. The van der Waals surface area contributed by atoms with E-state index in [1.165, 1.54) is 12.8 Å². The molecule has 0 amide bonds. The van der Waals surface area contributed by atoms with Crippen LogP contribution in [0.3, 0.4) is 0 Å². The minimum Gasteiger partial charge on any atom is -0.258 e. The van der Waals surface area contributed by atoms with E-state index < -0.39 is 0 Å². The summed E-state index contributed by atoms with van der Waals surface area (Å²) in [5.41, 5.74) is 0.219. The lowest BCUT2D eigenvalue weighted by atomic mass is 10.1. The van der Waals surface area contributed by atoms with Gasteiger partial charge in [0.05, 0.1) is 0 Å². The van der Waals surface area contributed by atoms with Crippen LogP contribution in [0.2, 0.25) is 0 Å². The first kappa shape index (κ1) is 12.3. The van der Waals surface area contributed by atoms with Crippen molar-refractivity contribution in [2.45, 2.75) is 64.7 Å². The molecule has 0 heterocycles. The van der Waals surface area contributed by atoms with Crippen molar-refractivity contribution < 1.29 is 0 Å². The van der Waals surface area contributed by atoms with Crippen molar-refractivity contribution in [1.82, 2.24) is 4.72 Å². The van der Waals surface area contributed by atoms with Crippen LogP contribution in [0, 0.1) is 0 Å². The second kappa shape index (κ2) is 4.52. The van der Waals surface area contributed by atoms with Crippen molar-refractivity contribution in [3.63, 3.8) is 0 Å². The summed E-state index contributed by atoms with van der Waals surface area (Å²) in [4.78, 5) is 0. The Morgan fingerprint density at radius 3 is 1.67 bits per heavy atom. The van der Waals surface area contributed by atoms with Gasteiger partial charge < -0.3 is 0 Å². The zero-order chi connectivity index (χ0) is 9.83. The van der Waals surface area contributed by atoms with Gasteiger partial charge in [0.15, 0.2) is 0 Å². The van der Waals surface area contributed by atoms with Crippen LogP contribution >= 0.6 is 11.9 Å². The van der Waals surface area contributed by atoms with E-state index >= 15 is 0 Å². The maximum atomic E-state index is 3.48. The molecule has 0 spiro atoms. The van der Waals surface area contributed by atoms with Gasteiger partial charge in [-0.3, -0.25) is 4.72 Å². The normalized spacial score (nSPS) is 13.5. The molecular weight excluding hydrogens is 166 g/mol. The molecule has 0 aromatic heterocycles. The van der Waals surface area contributed by atoms with Gasteiger partial charge in [-0.1, -0.05) is 25.8 Å². The zero-order valence-electron chi connectivity index (χ0n) is 9.32. The molecule has 0 rings (SSSR count). The molecule has 0 bridgehead atoms. The van der Waals surface area contributed by atoms with Crippen molar-refractivity contribution in [3.8, 4) is 0 Å². The minimum absolute atomic E-state index is 0.219. The van der Waals surface area contributed by atoms with Crippen LogP contribution in [0.25, 0.3) is 0 Å². The minimum atomic E-state index is 0.219. The quantitative estimate of drug-likeness (QED) is 0.678. The summed E-state index contributed by atoms with van der Waals surface area (Å²) < 4.78 is 3.88. The lowest BCUT2D eigenvalue weighted by Crippen LogP contribution is -2.35. The van der Waals surface area contributed by atoms with E-state index in [1.54, 1.807) is 0 Å². The van der Waals surface area contributed by atoms with Gasteiger partial charge in [-0.05, 0) is 40.5 Å². The predicted molar refractivity (Wildman–Crippen MR) is 59.5 cm³/mol. The molecule has 0 fully saturated rings. The summed E-state index contributed by atoms with van der Waals surface area (Å²) >= 11 is 1.88. The van der Waals surface area contributed by atoms with Gasteiger partial charge in [0, 0.05) is 10.3 Å². The monoisotopic (exact) mass is 189 g/mol. The van der Waals surface area contributed by atoms with E-state index in [0.29, 0.717) is 4.75 Å². The molecule has 0 aliphatic heterocycles. The van der Waals surface area contributed by atoms with E-state index in [-0.39, 0.29) is 5.54 Å². The Kier molecular flexibility index (Phi) is 4.64. The Morgan fingerprint density at radius 2 is 1.42 bits per heavy atom. The summed E-state index contributed by atoms with van der Waals surface area (Å²) in [7, 11) is 0. The predicted octanol–water partition coefficient (Wildman–Crippen LogP) is 3.60. The first-order valence-electron chi connectivity index (χ1n) is 4.78. The summed E-state index contributed by atoms with van der Waals surface area (Å²) in [5, 5.41) is 0. The summed E-state index contributed by atoms with van der Waals surface area (Å²) in [6.07, 6.45) is 2.44. The molecule has 74 valence electrons. The molecule has 0 aliphatic carbocycles. The highest BCUT2D eigenvalue weighted by Gasteiger charge is 2.22. The zero-order valence-corrected chi connectivity index (χ0v) is 10.1. The highest BCUT2D eigenvalue weighted by atomic mass is 32.2. The van der Waals surface area contributed by atoms with Crippen molar-refractivity contribution >= 4 is 11.9 Å². The maximum absolute atomic E-state index is 3.48. The van der Waals surface area contributed by atoms with Crippen LogP contribution < -0.4 is 4.72 Å². The third-order valence-electron chi connectivity index (χ3n) is 2.10. The first-order chi connectivity index (χ1) is 5.33. The third kappa shape index (κ3) is 5.04. The molecule has 1 N–H and O–H groups in total. The SMILES string of the molecule is CCC(C)(CC)SNC(C)(C)C. The molecule has 1 nitrogen and oxygen atoms in total. The lowest BCUT2D eigenvalue weighted by Gasteiger charge is -2.30. The molecule has 0 aliphatic rings. The van der Waals surface area contributed by atoms with Crippen molar-refractivity contribution in [2.24, 2.45) is 0 Å². The van der Waals surface area contributed by atoms with Crippen LogP contribution in [0.1, 0.15) is 54.4 Å². The summed E-state index contributed by atoms with van der Waals surface area (Å²) in [6.45, 7) is 13.4. The van der Waals surface area contributed by atoms with Crippen LogP contribution in [-0.4, -0.2) is 10.3 Å². The van der Waals surface area contributed by atoms with Crippen LogP contribution in [0.15, 0.2) is 0 Å². The number of nitrogens with one attached hydrogen (secondary N) is 1. The number of rotatable bonds is 4. The fraction of sp³-hybridized carbons (Fsp3) is 1.00. The van der Waals surface area contributed by atoms with Crippen LogP contribution in [-0.2, 0) is 0 Å². The third-order valence-corrected chi connectivity index (χ3v) is 3.88. The molecule has 0 radical (unpaired) electrons. The number of hydrogen-bond donors (Lipinski definition) is 1. The van der Waals surface area contributed by atoms with Crippen molar-refractivity contribution in [1.29, 1.82) is 0 Å². The Morgan fingerprint density at radius 1 is 1.00 bits per heavy atom. The average Bonchev–Trinajstić information content (AvgIpc) is 1.99. The van der Waals surface area contributed by atoms with Crippen molar-refractivity contribution in [2.75, 3.05) is 0 Å². The Hall–Kier alpha value is 0.310. The highest BCUT2D eigenvalue weighted by Crippen LogP contribution is 2.30. The smallest absolute Gasteiger partial charge is 0.0271 e. The van der Waals surface area contributed by atoms with Gasteiger partial charge in [0.2, 0.25) is 0 Å². The summed E-state index contributed by atoms with van der Waals surface area (Å²) in [6, 6.07) is 0. The molecule has 0 saturated heterocycles. The van der Waals surface area contributed by atoms with Crippen LogP contribution in [0.5, 0.6) is 0 Å². The summed E-state index contributed by atoms with van der Waals surface area (Å²) in [5.74, 6) is 0. The van der Waals surface area contributed by atoms with E-state index in [2.05, 4.69) is 46.3 Å². The van der Waals surface area contributed by atoms with Gasteiger partial charge in [0.25, 0.3) is 0 Å². The van der Waals surface area contributed by atoms with E-state index in [0.717, 1.165) is 0 Å². The highest BCUT2D eigenvalue weighted by molar-refractivity contribution is 7.98. The molecule has 12 heavy (non-hydrogen) atoms. The van der Waals surface area contributed by atoms with E-state index in [9.17, 15) is 0 Å². The molecule has 0 atom stereocenters. The molecule has 0 aromatic rings. The van der Waals surface area contributed by atoms with E-state index in [1.807, 2.05) is 11.9 Å². The van der Waals surface area contributed by atoms with Crippen LogP contribution in [0.4, 0.5) is 0 Å². The largest absolute Gasteiger partial charge is 0.258 e. The maximum Gasteiger partial charge on any atom is 0.0271 e. The topological polar surface area (TPSA) is 12.0 Å². The second-order valence-corrected chi connectivity index (χ2v) is 6.00. The van der Waals surface area contributed by atoms with Gasteiger partial charge in [-0.2, -0.15) is 0 Å². The molecule has 0 aromatic carbocycles. The lowest BCUT2D eigenvalue weighted by molar-refractivity contribution is 0.519. The fourth-order valence-corrected chi connectivity index (χ4v) is 1.51. The number of hydrogen-bond acceptors (Lipinski definition) is 2. The van der Waals surface area contributed by atoms with E-state index in [4.69, 9.17) is 0 Å². The molecule has 0 saturated carbocycles. The Bertz CT molecular complexity index is 122. The van der Waals surface area contributed by atoms with Gasteiger partial charge in [-0.25, -0.2) is 0 Å². The van der Waals surface area contributed by atoms with Gasteiger partial charge >= 0.3 is 0 Å². The Labute approximate surface area is 81.8 Å². The molecular formula is C10H23NS. The molecule has 2 heteroatoms. The Balaban J connectivity index is 3.89.